The predicted octanol–water partition coefficient (Wildman–Crippen LogP) is 0.242. The third kappa shape index (κ3) is 3.27. The van der Waals surface area contributed by atoms with Gasteiger partial charge < -0.3 is 0 Å². The van der Waals surface area contributed by atoms with E-state index in [1.807, 2.05) is 0 Å². The Morgan fingerprint density at radius 3 is 2.38 bits per heavy atom. The Balaban J connectivity index is 3.40. The van der Waals surface area contributed by atoms with Crippen LogP contribution in [0.5, 0.6) is 0 Å². The van der Waals surface area contributed by atoms with Crippen molar-refractivity contribution in [2.24, 2.45) is 0 Å². The van der Waals surface area contributed by atoms with E-state index in [0.717, 1.165) is 0 Å². The summed E-state index contributed by atoms with van der Waals surface area (Å²) >= 11 is 0. The quantitative estimate of drug-likeness (QED) is 0.393. The normalized spacial score (nSPS) is 8.62. The topological polar surface area (TPSA) is 60.2 Å². The van der Waals surface area contributed by atoms with Crippen LogP contribution in [0, 0.1) is 10.1 Å². The van der Waals surface area contributed by atoms with Gasteiger partial charge in [0.25, 0.3) is 6.54 Å². The van der Waals surface area contributed by atoms with Crippen molar-refractivity contribution in [3.63, 3.8) is 0 Å². The number of nitrogens with zero attached hydrogens (tertiary/aromatic N) is 1. The molecule has 0 unspecified atom stereocenters. The third-order valence-corrected chi connectivity index (χ3v) is 0.700. The number of rotatable bonds is 3. The molecule has 0 spiro atoms. The standard InChI is InChI=1S/C4H7NO3/c1-2-4(6)3-5(7)8/h2-3H2,1H3. The number of Topliss-reactive ketones (excluding diaryl/α,β-unsaturated/α-hetero) is 1. The van der Waals surface area contributed by atoms with E-state index in [2.05, 4.69) is 0 Å². The van der Waals surface area contributed by atoms with Gasteiger partial charge in [-0.1, -0.05) is 6.92 Å². The lowest BCUT2D eigenvalue weighted by atomic mass is 10.3. The van der Waals surface area contributed by atoms with Gasteiger partial charge >= 0.3 is 0 Å². The van der Waals surface area contributed by atoms with Crippen LogP contribution in [-0.4, -0.2) is 17.3 Å². The molecule has 4 heteroatoms. The van der Waals surface area contributed by atoms with Crippen LogP contribution in [-0.2, 0) is 4.79 Å². The summed E-state index contributed by atoms with van der Waals surface area (Å²) in [5.41, 5.74) is 0. The number of carbonyl (C=O) groups is 1. The maximum atomic E-state index is 10.2. The van der Waals surface area contributed by atoms with Crippen molar-refractivity contribution in [3.8, 4) is 0 Å². The van der Waals surface area contributed by atoms with Crippen molar-refractivity contribution in [1.82, 2.24) is 0 Å². The molecule has 0 aliphatic rings. The molecule has 0 saturated carbocycles. The second-order valence-electron chi connectivity index (χ2n) is 1.38. The maximum absolute atomic E-state index is 10.2. The monoisotopic (exact) mass is 117 g/mol. The minimum atomic E-state index is -0.619. The van der Waals surface area contributed by atoms with Crippen LogP contribution in [0.25, 0.3) is 0 Å². The minimum Gasteiger partial charge on any atom is -0.292 e. The molecule has 0 aromatic carbocycles. The Morgan fingerprint density at radius 2 is 2.25 bits per heavy atom. The van der Waals surface area contributed by atoms with E-state index >= 15 is 0 Å². The highest BCUT2D eigenvalue weighted by molar-refractivity contribution is 5.78. The molecule has 0 aromatic heterocycles. The average Bonchev–Trinajstić information content (AvgIpc) is 1.65. The number of ketones is 1. The average molecular weight is 117 g/mol. The molecule has 0 bridgehead atoms. The van der Waals surface area contributed by atoms with Crippen LogP contribution in [0.1, 0.15) is 13.3 Å². The molecule has 8 heavy (non-hydrogen) atoms. The number of hydrogen-bond acceptors (Lipinski definition) is 3. The van der Waals surface area contributed by atoms with Crippen LogP contribution in [0.15, 0.2) is 0 Å². The molecule has 0 aromatic rings. The number of nitro groups is 1. The molecule has 0 amide bonds. The summed E-state index contributed by atoms with van der Waals surface area (Å²) in [5.74, 6) is -0.324. The molecular weight excluding hydrogens is 110 g/mol. The number of hydrogen-bond donors (Lipinski definition) is 0. The van der Waals surface area contributed by atoms with E-state index in [0.29, 0.717) is 0 Å². The summed E-state index contributed by atoms with van der Waals surface area (Å²) in [6.07, 6.45) is 0.251. The Labute approximate surface area is 46.6 Å². The highest BCUT2D eigenvalue weighted by atomic mass is 16.6. The first-order chi connectivity index (χ1) is 3.66. The second-order valence-corrected chi connectivity index (χ2v) is 1.38. The van der Waals surface area contributed by atoms with Gasteiger partial charge in [0.15, 0.2) is 0 Å². The van der Waals surface area contributed by atoms with Crippen molar-refractivity contribution in [3.05, 3.63) is 10.1 Å². The molecule has 0 atom stereocenters. The van der Waals surface area contributed by atoms with Crippen LogP contribution < -0.4 is 0 Å². The van der Waals surface area contributed by atoms with Gasteiger partial charge in [0, 0.05) is 11.3 Å². The predicted molar refractivity (Wildman–Crippen MR) is 27.2 cm³/mol. The van der Waals surface area contributed by atoms with E-state index < -0.39 is 11.5 Å². The zero-order valence-electron chi connectivity index (χ0n) is 4.59. The molecule has 4 nitrogen and oxygen atoms in total. The second kappa shape index (κ2) is 3.12. The summed E-state index contributed by atoms with van der Waals surface area (Å²) in [5, 5.41) is 9.55. The smallest absolute Gasteiger partial charge is 0.261 e. The van der Waals surface area contributed by atoms with Crippen molar-refractivity contribution in [2.75, 3.05) is 6.54 Å². The zero-order valence-corrected chi connectivity index (χ0v) is 4.59. The molecule has 0 aliphatic heterocycles. The Hall–Kier alpha value is -0.930. The van der Waals surface area contributed by atoms with Crippen LogP contribution >= 0.6 is 0 Å². The van der Waals surface area contributed by atoms with Gasteiger partial charge in [0.2, 0.25) is 5.78 Å². The zero-order chi connectivity index (χ0) is 6.57. The van der Waals surface area contributed by atoms with E-state index in [-0.39, 0.29) is 12.2 Å². The Morgan fingerprint density at radius 1 is 1.75 bits per heavy atom. The first kappa shape index (κ1) is 7.07. The first-order valence-corrected chi connectivity index (χ1v) is 2.30. The minimum absolute atomic E-state index is 0.251. The Kier molecular flexibility index (Phi) is 2.76. The highest BCUT2D eigenvalue weighted by Crippen LogP contribution is 1.79. The van der Waals surface area contributed by atoms with E-state index in [1.54, 1.807) is 6.92 Å². The fourth-order valence-corrected chi connectivity index (χ4v) is 0.256. The summed E-state index contributed by atoms with van der Waals surface area (Å²) in [6.45, 7) is 1.07. The van der Waals surface area contributed by atoms with Crippen molar-refractivity contribution in [2.45, 2.75) is 13.3 Å². The fraction of sp³-hybridized carbons (Fsp3) is 0.750. The number of carbonyl (C=O) groups excluding carboxylic acids is 1. The Bertz CT molecular complexity index is 110. The third-order valence-electron chi connectivity index (χ3n) is 0.700. The van der Waals surface area contributed by atoms with E-state index in [9.17, 15) is 14.9 Å². The molecule has 0 saturated heterocycles. The summed E-state index contributed by atoms with van der Waals surface area (Å²) in [4.78, 5) is 19.1. The molecule has 0 radical (unpaired) electrons. The van der Waals surface area contributed by atoms with Crippen LogP contribution in [0.2, 0.25) is 0 Å². The van der Waals surface area contributed by atoms with Gasteiger partial charge in [-0.15, -0.1) is 0 Å². The molecule has 0 fully saturated rings. The molecular formula is C4H7NO3. The van der Waals surface area contributed by atoms with Crippen molar-refractivity contribution < 1.29 is 9.72 Å². The SMILES string of the molecule is CCC(=O)C[N+](=O)[O-]. The van der Waals surface area contributed by atoms with Gasteiger partial charge in [0.1, 0.15) is 0 Å². The molecule has 0 N–H and O–H groups in total. The fourth-order valence-electron chi connectivity index (χ4n) is 0.256. The first-order valence-electron chi connectivity index (χ1n) is 2.30. The molecule has 0 aliphatic carbocycles. The van der Waals surface area contributed by atoms with Gasteiger partial charge in [-0.05, 0) is 0 Å². The van der Waals surface area contributed by atoms with E-state index in [4.69, 9.17) is 0 Å². The lowest BCUT2D eigenvalue weighted by Crippen LogP contribution is -2.11. The molecule has 46 valence electrons. The largest absolute Gasteiger partial charge is 0.292 e. The van der Waals surface area contributed by atoms with E-state index in [1.165, 1.54) is 0 Å². The van der Waals surface area contributed by atoms with Gasteiger partial charge in [-0.2, -0.15) is 0 Å². The summed E-state index contributed by atoms with van der Waals surface area (Å²) in [6, 6.07) is 0. The summed E-state index contributed by atoms with van der Waals surface area (Å²) in [7, 11) is 0. The van der Waals surface area contributed by atoms with Crippen molar-refractivity contribution in [1.29, 1.82) is 0 Å². The molecule has 0 rings (SSSR count). The van der Waals surface area contributed by atoms with Gasteiger partial charge in [-0.3, -0.25) is 14.9 Å². The van der Waals surface area contributed by atoms with Gasteiger partial charge in [-0.25, -0.2) is 0 Å². The lowest BCUT2D eigenvalue weighted by molar-refractivity contribution is -0.467. The highest BCUT2D eigenvalue weighted by Gasteiger charge is 2.04. The summed E-state index contributed by atoms with van der Waals surface area (Å²) < 4.78 is 0. The van der Waals surface area contributed by atoms with Crippen molar-refractivity contribution >= 4 is 5.78 Å². The van der Waals surface area contributed by atoms with Crippen LogP contribution in [0.4, 0.5) is 0 Å². The maximum Gasteiger partial charge on any atom is 0.261 e. The van der Waals surface area contributed by atoms with Crippen LogP contribution in [0.3, 0.4) is 0 Å². The molecule has 0 heterocycles. The van der Waals surface area contributed by atoms with Gasteiger partial charge in [0.05, 0.1) is 0 Å². The lowest BCUT2D eigenvalue weighted by Gasteiger charge is -1.85.